The summed E-state index contributed by atoms with van der Waals surface area (Å²) in [5.41, 5.74) is 5.75. The highest BCUT2D eigenvalue weighted by Crippen LogP contribution is 2.24. The molecule has 5 rings (SSSR count). The first-order chi connectivity index (χ1) is 17.1. The minimum absolute atomic E-state index is 0.100. The number of benzene rings is 3. The largest absolute Gasteiger partial charge is 0.340 e. The van der Waals surface area contributed by atoms with Gasteiger partial charge in [0.2, 0.25) is 5.91 Å². The molecule has 0 radical (unpaired) electrons. The van der Waals surface area contributed by atoms with E-state index in [-0.39, 0.29) is 5.91 Å². The first-order valence-corrected chi connectivity index (χ1v) is 11.3. The van der Waals surface area contributed by atoms with Crippen LogP contribution in [0, 0.1) is 0 Å². The summed E-state index contributed by atoms with van der Waals surface area (Å²) < 4.78 is 2.00. The number of carbonyl (C=O) groups excluding carboxylic acids is 1. The van der Waals surface area contributed by atoms with E-state index in [4.69, 9.17) is 0 Å². The average Bonchev–Trinajstić information content (AvgIpc) is 3.26. The highest BCUT2D eigenvalue weighted by atomic mass is 16.1. The minimum Gasteiger partial charge on any atom is -0.340 e. The van der Waals surface area contributed by atoms with Crippen LogP contribution < -0.4 is 10.6 Å². The molecule has 2 aromatic heterocycles. The number of hydrogen-bond acceptors (Lipinski definition) is 5. The van der Waals surface area contributed by atoms with Gasteiger partial charge in [-0.05, 0) is 47.5 Å². The summed E-state index contributed by atoms with van der Waals surface area (Å²) in [7, 11) is 0. The van der Waals surface area contributed by atoms with Gasteiger partial charge in [0.05, 0.1) is 18.3 Å². The lowest BCUT2D eigenvalue weighted by Gasteiger charge is -2.09. The molecule has 0 spiro atoms. The average molecular weight is 461 g/mol. The van der Waals surface area contributed by atoms with Crippen LogP contribution in [0.4, 0.5) is 17.2 Å². The summed E-state index contributed by atoms with van der Waals surface area (Å²) in [6, 6.07) is 24.1. The van der Waals surface area contributed by atoms with Gasteiger partial charge in [0.25, 0.3) is 0 Å². The Labute approximate surface area is 203 Å². The first kappa shape index (κ1) is 22.0. The molecule has 1 amide bonds. The highest BCUT2D eigenvalue weighted by molar-refractivity contribution is 5.89. The highest BCUT2D eigenvalue weighted by Gasteiger charge is 2.07. The van der Waals surface area contributed by atoms with E-state index in [0.29, 0.717) is 5.82 Å². The fraction of sp³-hybridized carbons (Fsp3) is 0.0714. The Morgan fingerprint density at radius 3 is 2.69 bits per heavy atom. The Hall–Kier alpha value is -4.78. The van der Waals surface area contributed by atoms with Crippen molar-refractivity contribution in [2.24, 2.45) is 0 Å². The van der Waals surface area contributed by atoms with Crippen molar-refractivity contribution >= 4 is 46.2 Å². The first-order valence-electron chi connectivity index (χ1n) is 11.3. The minimum atomic E-state index is -0.100. The Morgan fingerprint density at radius 2 is 1.83 bits per heavy atom. The molecule has 0 atom stereocenters. The van der Waals surface area contributed by atoms with Crippen LogP contribution in [-0.2, 0) is 11.3 Å². The maximum atomic E-state index is 11.3. The summed E-state index contributed by atoms with van der Waals surface area (Å²) in [5, 5.41) is 11.8. The molecule has 0 bridgehead atoms. The molecule has 2 N–H and O–H groups in total. The Balaban J connectivity index is 1.35. The lowest BCUT2D eigenvalue weighted by atomic mass is 10.1. The van der Waals surface area contributed by atoms with E-state index in [0.717, 1.165) is 39.9 Å². The molecule has 35 heavy (non-hydrogen) atoms. The summed E-state index contributed by atoms with van der Waals surface area (Å²) >= 11 is 0. The number of rotatable bonds is 7. The van der Waals surface area contributed by atoms with Crippen molar-refractivity contribution in [3.8, 4) is 0 Å². The van der Waals surface area contributed by atoms with E-state index in [1.54, 1.807) is 6.20 Å². The van der Waals surface area contributed by atoms with Gasteiger partial charge in [-0.1, -0.05) is 48.5 Å². The molecule has 0 saturated heterocycles. The van der Waals surface area contributed by atoms with Crippen LogP contribution in [0.2, 0.25) is 0 Å². The zero-order chi connectivity index (χ0) is 24.0. The van der Waals surface area contributed by atoms with Gasteiger partial charge in [-0.25, -0.2) is 9.97 Å². The second-order valence-electron chi connectivity index (χ2n) is 8.15. The van der Waals surface area contributed by atoms with Crippen LogP contribution in [0.3, 0.4) is 0 Å². The Kier molecular flexibility index (Phi) is 6.30. The predicted octanol–water partition coefficient (Wildman–Crippen LogP) is 5.75. The van der Waals surface area contributed by atoms with Crippen LogP contribution in [-0.4, -0.2) is 25.7 Å². The molecule has 7 heteroatoms. The number of fused-ring (bicyclic) bond motifs is 1. The molecule has 0 fully saturated rings. The number of anilines is 3. The molecule has 0 aliphatic rings. The topological polar surface area (TPSA) is 84.7 Å². The SMILES string of the molecule is CC(=O)Nc1cccc(C=Cc2cncnc2Nc2ccc3c(cnn3Cc3ccccc3)c2)c1. The van der Waals surface area contributed by atoms with Crippen LogP contribution in [0.5, 0.6) is 0 Å². The monoisotopic (exact) mass is 460 g/mol. The van der Waals surface area contributed by atoms with Gasteiger partial charge in [-0.2, -0.15) is 5.10 Å². The Bertz CT molecular complexity index is 1510. The van der Waals surface area contributed by atoms with Crippen LogP contribution in [0.25, 0.3) is 23.1 Å². The van der Waals surface area contributed by atoms with Gasteiger partial charge in [-0.15, -0.1) is 0 Å². The van der Waals surface area contributed by atoms with Gasteiger partial charge < -0.3 is 10.6 Å². The summed E-state index contributed by atoms with van der Waals surface area (Å²) in [4.78, 5) is 19.9. The van der Waals surface area contributed by atoms with Crippen molar-refractivity contribution in [2.75, 3.05) is 10.6 Å². The van der Waals surface area contributed by atoms with Crippen molar-refractivity contribution in [1.29, 1.82) is 0 Å². The normalized spacial score (nSPS) is 11.1. The third kappa shape index (κ3) is 5.42. The third-order valence-electron chi connectivity index (χ3n) is 5.48. The maximum Gasteiger partial charge on any atom is 0.221 e. The molecule has 0 aliphatic heterocycles. The van der Waals surface area contributed by atoms with E-state index < -0.39 is 0 Å². The fourth-order valence-electron chi connectivity index (χ4n) is 3.86. The van der Waals surface area contributed by atoms with Crippen molar-refractivity contribution < 1.29 is 4.79 Å². The standard InChI is InChI=1S/C28H24N6O/c1-20(35)32-25-9-5-8-21(14-25)10-11-23-16-29-19-30-28(23)33-26-12-13-27-24(15-26)17-31-34(27)18-22-6-3-2-4-7-22/h2-17,19H,18H2,1H3,(H,32,35)(H,29,30,33). The summed E-state index contributed by atoms with van der Waals surface area (Å²) in [6.07, 6.45) is 9.08. The van der Waals surface area contributed by atoms with E-state index >= 15 is 0 Å². The second-order valence-corrected chi connectivity index (χ2v) is 8.15. The summed E-state index contributed by atoms with van der Waals surface area (Å²) in [6.45, 7) is 2.22. The second kappa shape index (κ2) is 10.0. The molecule has 0 unspecified atom stereocenters. The van der Waals surface area contributed by atoms with E-state index in [9.17, 15) is 4.79 Å². The molecule has 7 nitrogen and oxygen atoms in total. The lowest BCUT2D eigenvalue weighted by Crippen LogP contribution is -2.05. The van der Waals surface area contributed by atoms with Crippen molar-refractivity contribution in [3.63, 3.8) is 0 Å². The van der Waals surface area contributed by atoms with Crippen LogP contribution >= 0.6 is 0 Å². The number of aromatic nitrogens is 4. The molecule has 5 aromatic rings. The van der Waals surface area contributed by atoms with Gasteiger partial charge in [0, 0.05) is 35.4 Å². The molecular weight excluding hydrogens is 436 g/mol. The number of hydrogen-bond donors (Lipinski definition) is 2. The number of nitrogens with zero attached hydrogens (tertiary/aromatic N) is 4. The molecule has 0 saturated carbocycles. The molecule has 0 aliphatic carbocycles. The van der Waals surface area contributed by atoms with Crippen LogP contribution in [0.15, 0.2) is 91.5 Å². The van der Waals surface area contributed by atoms with Crippen molar-refractivity contribution in [2.45, 2.75) is 13.5 Å². The fourth-order valence-corrected chi connectivity index (χ4v) is 3.86. The summed E-state index contributed by atoms with van der Waals surface area (Å²) in [5.74, 6) is 0.599. The predicted molar refractivity (Wildman–Crippen MR) is 140 cm³/mol. The van der Waals surface area contributed by atoms with Gasteiger partial charge in [0.15, 0.2) is 0 Å². The molecule has 172 valence electrons. The van der Waals surface area contributed by atoms with Crippen molar-refractivity contribution in [1.82, 2.24) is 19.7 Å². The Morgan fingerprint density at radius 1 is 0.943 bits per heavy atom. The smallest absolute Gasteiger partial charge is 0.221 e. The third-order valence-corrected chi connectivity index (χ3v) is 5.48. The number of carbonyl (C=O) groups is 1. The lowest BCUT2D eigenvalue weighted by molar-refractivity contribution is -0.114. The van der Waals surface area contributed by atoms with Crippen molar-refractivity contribution in [3.05, 3.63) is 108 Å². The van der Waals surface area contributed by atoms with Crippen LogP contribution in [0.1, 0.15) is 23.6 Å². The zero-order valence-electron chi connectivity index (χ0n) is 19.2. The number of amides is 1. The quantitative estimate of drug-likeness (QED) is 0.323. The van der Waals surface area contributed by atoms with Gasteiger partial charge in [-0.3, -0.25) is 9.48 Å². The van der Waals surface area contributed by atoms with Gasteiger partial charge >= 0.3 is 0 Å². The molecule has 2 heterocycles. The molecular formula is C28H24N6O. The van der Waals surface area contributed by atoms with E-state index in [1.807, 2.05) is 71.6 Å². The van der Waals surface area contributed by atoms with Gasteiger partial charge in [0.1, 0.15) is 12.1 Å². The number of nitrogens with one attached hydrogen (secondary N) is 2. The maximum absolute atomic E-state index is 11.3. The van der Waals surface area contributed by atoms with E-state index in [2.05, 4.69) is 50.0 Å². The molecule has 3 aromatic carbocycles. The zero-order valence-corrected chi connectivity index (χ0v) is 19.2. The van der Waals surface area contributed by atoms with E-state index in [1.165, 1.54) is 18.8 Å².